The predicted octanol–water partition coefficient (Wildman–Crippen LogP) is 3.99. The molecule has 100 valence electrons. The highest BCUT2D eigenvalue weighted by Gasteiger charge is 2.32. The fourth-order valence-corrected chi connectivity index (χ4v) is 3.20. The molecule has 3 rings (SSSR count). The maximum atomic E-state index is 12.6. The van der Waals surface area contributed by atoms with Crippen LogP contribution in [0.4, 0.5) is 0 Å². The van der Waals surface area contributed by atoms with Gasteiger partial charge in [0.1, 0.15) is 0 Å². The Morgan fingerprint density at radius 2 is 1.90 bits per heavy atom. The molecule has 0 fully saturated rings. The summed E-state index contributed by atoms with van der Waals surface area (Å²) in [6.45, 7) is 2.07. The number of fused-ring (bicyclic) bond motifs is 2. The molecule has 0 unspecified atom stereocenters. The van der Waals surface area contributed by atoms with Crippen LogP contribution in [0.2, 0.25) is 0 Å². The van der Waals surface area contributed by atoms with Crippen LogP contribution in [0, 0.1) is 0 Å². The third-order valence-corrected chi connectivity index (χ3v) is 4.30. The van der Waals surface area contributed by atoms with Crippen molar-refractivity contribution in [3.8, 4) is 0 Å². The number of ketones is 2. The summed E-state index contributed by atoms with van der Waals surface area (Å²) in [5, 5.41) is 0. The Kier molecular flexibility index (Phi) is 3.45. The number of carbonyl (C=O) groups is 2. The van der Waals surface area contributed by atoms with Gasteiger partial charge in [0.2, 0.25) is 0 Å². The largest absolute Gasteiger partial charge is 0.289 e. The van der Waals surface area contributed by atoms with Crippen molar-refractivity contribution < 1.29 is 9.59 Å². The Labute approximate surface area is 122 Å². The number of Topliss-reactive ketones (excluding diaryl/α,β-unsaturated/α-hetero) is 2. The summed E-state index contributed by atoms with van der Waals surface area (Å²) >= 11 is 1.67. The van der Waals surface area contributed by atoms with Crippen molar-refractivity contribution in [2.45, 2.75) is 18.2 Å². The van der Waals surface area contributed by atoms with Crippen LogP contribution in [0.3, 0.4) is 0 Å². The van der Waals surface area contributed by atoms with Crippen molar-refractivity contribution in [1.82, 2.24) is 0 Å². The molecule has 2 nitrogen and oxygen atoms in total. The van der Waals surface area contributed by atoms with Gasteiger partial charge in [0.25, 0.3) is 0 Å². The van der Waals surface area contributed by atoms with Gasteiger partial charge in [0.05, 0.1) is 0 Å². The first-order valence-electron chi connectivity index (χ1n) is 6.66. The first-order valence-corrected chi connectivity index (χ1v) is 7.64. The lowest BCUT2D eigenvalue weighted by atomic mass is 9.82. The Balaban J connectivity index is 2.17. The number of hydrogen-bond acceptors (Lipinski definition) is 3. The maximum absolute atomic E-state index is 12.6. The standard InChI is InChI=1S/C17H14O2S/c1-2-20-11-8-9-14-15(10-11)17(19)13-7-5-3-4-6-12(13)16(14)18/h3,5-10H,2,4H2,1H3. The quantitative estimate of drug-likeness (QED) is 0.769. The fourth-order valence-electron chi connectivity index (χ4n) is 2.50. The normalized spacial score (nSPS) is 17.1. The Hall–Kier alpha value is -1.87. The van der Waals surface area contributed by atoms with E-state index >= 15 is 0 Å². The average molecular weight is 282 g/mol. The lowest BCUT2D eigenvalue weighted by molar-refractivity contribution is 0.0972. The van der Waals surface area contributed by atoms with Crippen molar-refractivity contribution in [1.29, 1.82) is 0 Å². The molecular formula is C17H14O2S. The molecule has 0 saturated heterocycles. The monoisotopic (exact) mass is 282 g/mol. The average Bonchev–Trinajstić information content (AvgIpc) is 2.71. The van der Waals surface area contributed by atoms with Gasteiger partial charge in [-0.2, -0.15) is 0 Å². The number of benzene rings is 1. The van der Waals surface area contributed by atoms with E-state index in [0.29, 0.717) is 28.7 Å². The molecule has 3 heteroatoms. The molecular weight excluding hydrogens is 268 g/mol. The molecule has 0 amide bonds. The van der Waals surface area contributed by atoms with Crippen LogP contribution < -0.4 is 0 Å². The maximum Gasteiger partial charge on any atom is 0.194 e. The fraction of sp³-hybridized carbons (Fsp3) is 0.176. The minimum absolute atomic E-state index is 0.0393. The van der Waals surface area contributed by atoms with Gasteiger partial charge in [-0.15, -0.1) is 11.8 Å². The predicted molar refractivity (Wildman–Crippen MR) is 81.4 cm³/mol. The summed E-state index contributed by atoms with van der Waals surface area (Å²) in [5.74, 6) is 0.857. The lowest BCUT2D eigenvalue weighted by Crippen LogP contribution is -2.22. The zero-order valence-electron chi connectivity index (χ0n) is 11.2. The Morgan fingerprint density at radius 1 is 1.10 bits per heavy atom. The molecule has 2 aliphatic carbocycles. The van der Waals surface area contributed by atoms with Crippen LogP contribution in [0.15, 0.2) is 58.5 Å². The van der Waals surface area contributed by atoms with Crippen LogP contribution in [-0.2, 0) is 0 Å². The smallest absolute Gasteiger partial charge is 0.194 e. The molecule has 0 aromatic heterocycles. The third-order valence-electron chi connectivity index (χ3n) is 3.43. The molecule has 1 aromatic carbocycles. The number of hydrogen-bond donors (Lipinski definition) is 0. The van der Waals surface area contributed by atoms with Gasteiger partial charge in [0.15, 0.2) is 11.6 Å². The van der Waals surface area contributed by atoms with E-state index in [1.54, 1.807) is 23.9 Å². The zero-order valence-corrected chi connectivity index (χ0v) is 12.0. The van der Waals surface area contributed by atoms with Crippen LogP contribution in [0.1, 0.15) is 34.1 Å². The van der Waals surface area contributed by atoms with E-state index in [1.165, 1.54) is 0 Å². The molecule has 1 aromatic rings. The summed E-state index contributed by atoms with van der Waals surface area (Å²) < 4.78 is 0. The van der Waals surface area contributed by atoms with Crippen molar-refractivity contribution in [2.24, 2.45) is 0 Å². The number of thioether (sulfide) groups is 1. The number of carbonyl (C=O) groups excluding carboxylic acids is 2. The number of allylic oxidation sites excluding steroid dienone is 6. The summed E-state index contributed by atoms with van der Waals surface area (Å²) in [7, 11) is 0. The minimum Gasteiger partial charge on any atom is -0.289 e. The molecule has 0 spiro atoms. The molecule has 0 aliphatic heterocycles. The summed E-state index contributed by atoms with van der Waals surface area (Å²) in [6, 6.07) is 5.54. The minimum atomic E-state index is -0.0454. The van der Waals surface area contributed by atoms with Crippen molar-refractivity contribution >= 4 is 23.3 Å². The Bertz CT molecular complexity index is 693. The number of rotatable bonds is 2. The molecule has 2 aliphatic rings. The summed E-state index contributed by atoms with van der Waals surface area (Å²) in [4.78, 5) is 26.2. The van der Waals surface area contributed by atoms with Gasteiger partial charge in [-0.05, 0) is 30.4 Å². The van der Waals surface area contributed by atoms with E-state index in [1.807, 2.05) is 30.4 Å². The molecule has 0 N–H and O–H groups in total. The first kappa shape index (κ1) is 13.1. The molecule has 0 heterocycles. The zero-order chi connectivity index (χ0) is 14.1. The van der Waals surface area contributed by atoms with Crippen LogP contribution in [0.5, 0.6) is 0 Å². The van der Waals surface area contributed by atoms with Gasteiger partial charge in [-0.1, -0.05) is 31.2 Å². The second-order valence-electron chi connectivity index (χ2n) is 4.66. The molecule has 0 atom stereocenters. The molecule has 0 bridgehead atoms. The second kappa shape index (κ2) is 5.25. The van der Waals surface area contributed by atoms with E-state index in [9.17, 15) is 9.59 Å². The second-order valence-corrected chi connectivity index (χ2v) is 6.00. The molecule has 20 heavy (non-hydrogen) atoms. The van der Waals surface area contributed by atoms with E-state index in [4.69, 9.17) is 0 Å². The SMILES string of the molecule is CCSc1ccc2c(c1)C(=O)C1=CC=CCC=C1C2=O. The van der Waals surface area contributed by atoms with Crippen LogP contribution in [-0.4, -0.2) is 17.3 Å². The summed E-state index contributed by atoms with van der Waals surface area (Å²) in [6.07, 6.45) is 8.07. The van der Waals surface area contributed by atoms with Gasteiger partial charge < -0.3 is 0 Å². The third kappa shape index (κ3) is 2.08. The van der Waals surface area contributed by atoms with Crippen LogP contribution in [0.25, 0.3) is 0 Å². The van der Waals surface area contributed by atoms with Gasteiger partial charge in [-0.3, -0.25) is 9.59 Å². The molecule has 0 radical (unpaired) electrons. The molecule has 0 saturated carbocycles. The van der Waals surface area contributed by atoms with Crippen molar-refractivity contribution in [3.63, 3.8) is 0 Å². The van der Waals surface area contributed by atoms with E-state index in [0.717, 1.165) is 10.6 Å². The Morgan fingerprint density at radius 3 is 2.70 bits per heavy atom. The van der Waals surface area contributed by atoms with Crippen LogP contribution >= 0.6 is 11.8 Å². The lowest BCUT2D eigenvalue weighted by Gasteiger charge is -2.19. The summed E-state index contributed by atoms with van der Waals surface area (Å²) in [5.41, 5.74) is 2.13. The topological polar surface area (TPSA) is 34.1 Å². The highest BCUT2D eigenvalue weighted by molar-refractivity contribution is 7.99. The highest BCUT2D eigenvalue weighted by Crippen LogP contribution is 2.33. The first-order chi connectivity index (χ1) is 9.72. The van der Waals surface area contributed by atoms with Gasteiger partial charge in [0, 0.05) is 27.2 Å². The highest BCUT2D eigenvalue weighted by atomic mass is 32.2. The van der Waals surface area contributed by atoms with Crippen molar-refractivity contribution in [2.75, 3.05) is 5.75 Å². The van der Waals surface area contributed by atoms with E-state index in [-0.39, 0.29) is 11.6 Å². The van der Waals surface area contributed by atoms with Gasteiger partial charge >= 0.3 is 0 Å². The van der Waals surface area contributed by atoms with Crippen molar-refractivity contribution in [3.05, 3.63) is 64.8 Å². The van der Waals surface area contributed by atoms with Gasteiger partial charge in [-0.25, -0.2) is 0 Å². The van der Waals surface area contributed by atoms with E-state index in [2.05, 4.69) is 6.92 Å². The van der Waals surface area contributed by atoms with E-state index < -0.39 is 0 Å².